The minimum Gasteiger partial charge on any atom is -0.323 e. The molecular weight excluding hydrogens is 227 g/mol. The molecule has 1 saturated heterocycles. The summed E-state index contributed by atoms with van der Waals surface area (Å²) in [6.45, 7) is 5.37. The lowest BCUT2D eigenvalue weighted by Gasteiger charge is -2.30. The van der Waals surface area contributed by atoms with Gasteiger partial charge < -0.3 is 5.73 Å². The van der Waals surface area contributed by atoms with Crippen LogP contribution in [0.5, 0.6) is 0 Å². The molecule has 0 bridgehead atoms. The lowest BCUT2D eigenvalue weighted by atomic mass is 10.1. The van der Waals surface area contributed by atoms with Crippen molar-refractivity contribution in [3.63, 3.8) is 0 Å². The van der Waals surface area contributed by atoms with E-state index in [4.69, 9.17) is 5.73 Å². The smallest absolute Gasteiger partial charge is 0.123 e. The van der Waals surface area contributed by atoms with E-state index in [1.807, 2.05) is 0 Å². The quantitative estimate of drug-likeness (QED) is 0.889. The number of rotatable bonds is 4. The van der Waals surface area contributed by atoms with Gasteiger partial charge in [0.25, 0.3) is 0 Å². The molecule has 0 aromatic heterocycles. The third-order valence-corrected chi connectivity index (χ3v) is 4.13. The lowest BCUT2D eigenvalue weighted by molar-refractivity contribution is 0.186. The van der Waals surface area contributed by atoms with E-state index in [1.54, 1.807) is 12.1 Å². The molecule has 1 aliphatic rings. The molecule has 2 nitrogen and oxygen atoms in total. The van der Waals surface area contributed by atoms with Crippen LogP contribution >= 0.6 is 0 Å². The van der Waals surface area contributed by atoms with Gasteiger partial charge in [-0.2, -0.15) is 0 Å². The highest BCUT2D eigenvalue weighted by molar-refractivity contribution is 5.20. The summed E-state index contributed by atoms with van der Waals surface area (Å²) < 4.78 is 12.9. The van der Waals surface area contributed by atoms with Gasteiger partial charge in [0.05, 0.1) is 0 Å². The van der Waals surface area contributed by atoms with Gasteiger partial charge in [0, 0.05) is 24.7 Å². The molecule has 2 rings (SSSR count). The van der Waals surface area contributed by atoms with Crippen LogP contribution in [0.4, 0.5) is 4.39 Å². The Morgan fingerprint density at radius 3 is 2.61 bits per heavy atom. The van der Waals surface area contributed by atoms with Crippen LogP contribution in [0, 0.1) is 5.82 Å². The summed E-state index contributed by atoms with van der Waals surface area (Å²) in [5.74, 6) is -0.202. The highest BCUT2D eigenvalue weighted by Crippen LogP contribution is 2.27. The van der Waals surface area contributed by atoms with Crippen LogP contribution in [-0.2, 0) is 0 Å². The molecule has 0 saturated carbocycles. The Morgan fingerprint density at radius 2 is 2.00 bits per heavy atom. The highest BCUT2D eigenvalue weighted by Gasteiger charge is 2.30. The van der Waals surface area contributed by atoms with Gasteiger partial charge in [-0.1, -0.05) is 19.1 Å². The molecule has 0 radical (unpaired) electrons. The van der Waals surface area contributed by atoms with Crippen molar-refractivity contribution in [2.45, 2.75) is 51.2 Å². The number of nitrogens with zero attached hydrogens (tertiary/aromatic N) is 1. The Bertz CT molecular complexity index is 377. The van der Waals surface area contributed by atoms with E-state index in [2.05, 4.69) is 18.7 Å². The summed E-state index contributed by atoms with van der Waals surface area (Å²) in [7, 11) is 0. The summed E-state index contributed by atoms with van der Waals surface area (Å²) in [5, 5.41) is 0. The van der Waals surface area contributed by atoms with Crippen molar-refractivity contribution >= 4 is 0 Å². The first-order valence-electron chi connectivity index (χ1n) is 6.88. The zero-order valence-electron chi connectivity index (χ0n) is 11.3. The standard InChI is InChI=1S/C15H23FN2/c1-3-14-9-4-11(2)18(14)10-15(17)12-5-7-13(16)8-6-12/h5-8,11,14-15H,3-4,9-10,17H2,1-2H3. The number of hydrogen-bond donors (Lipinski definition) is 1. The molecule has 0 amide bonds. The molecule has 1 aromatic rings. The molecule has 1 aromatic carbocycles. The molecule has 1 fully saturated rings. The second kappa shape index (κ2) is 5.81. The maximum atomic E-state index is 12.9. The van der Waals surface area contributed by atoms with E-state index in [9.17, 15) is 4.39 Å². The molecule has 0 spiro atoms. The first kappa shape index (κ1) is 13.5. The third kappa shape index (κ3) is 2.90. The number of likely N-dealkylation sites (tertiary alicyclic amines) is 1. The molecule has 3 heteroatoms. The van der Waals surface area contributed by atoms with Gasteiger partial charge in [0.1, 0.15) is 5.82 Å². The number of benzene rings is 1. The molecule has 2 N–H and O–H groups in total. The van der Waals surface area contributed by atoms with Crippen LogP contribution < -0.4 is 5.73 Å². The van der Waals surface area contributed by atoms with Crippen LogP contribution in [0.15, 0.2) is 24.3 Å². The number of hydrogen-bond acceptors (Lipinski definition) is 2. The Kier molecular flexibility index (Phi) is 4.36. The molecule has 1 heterocycles. The zero-order valence-corrected chi connectivity index (χ0v) is 11.3. The van der Waals surface area contributed by atoms with Crippen molar-refractivity contribution in [3.8, 4) is 0 Å². The van der Waals surface area contributed by atoms with Crippen molar-refractivity contribution in [3.05, 3.63) is 35.6 Å². The van der Waals surface area contributed by atoms with Crippen LogP contribution in [0.25, 0.3) is 0 Å². The van der Waals surface area contributed by atoms with E-state index < -0.39 is 0 Å². The molecule has 100 valence electrons. The number of halogens is 1. The van der Waals surface area contributed by atoms with Gasteiger partial charge in [-0.25, -0.2) is 4.39 Å². The van der Waals surface area contributed by atoms with Crippen molar-refractivity contribution in [2.24, 2.45) is 5.73 Å². The minimum atomic E-state index is -0.202. The average molecular weight is 250 g/mol. The summed E-state index contributed by atoms with van der Waals surface area (Å²) in [4.78, 5) is 2.51. The largest absolute Gasteiger partial charge is 0.323 e. The first-order chi connectivity index (χ1) is 8.61. The monoisotopic (exact) mass is 250 g/mol. The lowest BCUT2D eigenvalue weighted by Crippen LogP contribution is -2.39. The fraction of sp³-hybridized carbons (Fsp3) is 0.600. The topological polar surface area (TPSA) is 29.3 Å². The maximum Gasteiger partial charge on any atom is 0.123 e. The maximum absolute atomic E-state index is 12.9. The Balaban J connectivity index is 2.02. The van der Waals surface area contributed by atoms with Gasteiger partial charge >= 0.3 is 0 Å². The Morgan fingerprint density at radius 1 is 1.33 bits per heavy atom. The summed E-state index contributed by atoms with van der Waals surface area (Å²) in [6, 6.07) is 7.80. The Labute approximate surface area is 109 Å². The summed E-state index contributed by atoms with van der Waals surface area (Å²) in [5.41, 5.74) is 7.26. The first-order valence-corrected chi connectivity index (χ1v) is 6.88. The van der Waals surface area contributed by atoms with Gasteiger partial charge in [0.15, 0.2) is 0 Å². The van der Waals surface area contributed by atoms with Crippen LogP contribution in [0.3, 0.4) is 0 Å². The summed E-state index contributed by atoms with van der Waals surface area (Å²) >= 11 is 0. The van der Waals surface area contributed by atoms with Gasteiger partial charge in [0.2, 0.25) is 0 Å². The van der Waals surface area contributed by atoms with Crippen LogP contribution in [0.2, 0.25) is 0 Å². The second-order valence-electron chi connectivity index (χ2n) is 5.34. The molecular formula is C15H23FN2. The van der Waals surface area contributed by atoms with Crippen LogP contribution in [-0.4, -0.2) is 23.5 Å². The second-order valence-corrected chi connectivity index (χ2v) is 5.34. The van der Waals surface area contributed by atoms with E-state index in [1.165, 1.54) is 31.4 Å². The third-order valence-electron chi connectivity index (χ3n) is 4.13. The predicted octanol–water partition coefficient (Wildman–Crippen LogP) is 3.09. The van der Waals surface area contributed by atoms with Crippen molar-refractivity contribution < 1.29 is 4.39 Å². The van der Waals surface area contributed by atoms with E-state index >= 15 is 0 Å². The van der Waals surface area contributed by atoms with E-state index in [0.29, 0.717) is 12.1 Å². The normalized spacial score (nSPS) is 26.4. The SMILES string of the molecule is CCC1CCC(C)N1CC(N)c1ccc(F)cc1. The zero-order chi connectivity index (χ0) is 13.1. The van der Waals surface area contributed by atoms with Crippen molar-refractivity contribution in [2.75, 3.05) is 6.54 Å². The Hall–Kier alpha value is -0.930. The molecule has 1 aliphatic heterocycles. The van der Waals surface area contributed by atoms with E-state index in [-0.39, 0.29) is 11.9 Å². The highest BCUT2D eigenvalue weighted by atomic mass is 19.1. The van der Waals surface area contributed by atoms with Gasteiger partial charge in [-0.05, 0) is 43.9 Å². The van der Waals surface area contributed by atoms with Gasteiger partial charge in [-0.3, -0.25) is 4.90 Å². The van der Waals surface area contributed by atoms with Gasteiger partial charge in [-0.15, -0.1) is 0 Å². The van der Waals surface area contributed by atoms with Crippen molar-refractivity contribution in [1.29, 1.82) is 0 Å². The van der Waals surface area contributed by atoms with Crippen LogP contribution in [0.1, 0.15) is 44.7 Å². The molecule has 18 heavy (non-hydrogen) atoms. The predicted molar refractivity (Wildman–Crippen MR) is 72.8 cm³/mol. The molecule has 3 unspecified atom stereocenters. The fourth-order valence-corrected chi connectivity index (χ4v) is 2.94. The number of nitrogens with two attached hydrogens (primary N) is 1. The van der Waals surface area contributed by atoms with E-state index in [0.717, 1.165) is 12.1 Å². The average Bonchev–Trinajstić information content (AvgIpc) is 2.71. The fourth-order valence-electron chi connectivity index (χ4n) is 2.94. The molecule has 0 aliphatic carbocycles. The minimum absolute atomic E-state index is 0.0276. The summed E-state index contributed by atoms with van der Waals surface area (Å²) in [6.07, 6.45) is 3.71. The van der Waals surface area contributed by atoms with Crippen molar-refractivity contribution in [1.82, 2.24) is 4.90 Å². The molecule has 3 atom stereocenters.